The lowest BCUT2D eigenvalue weighted by atomic mass is 10.0. The number of nitrogens with one attached hydrogen (secondary N) is 1. The summed E-state index contributed by atoms with van der Waals surface area (Å²) in [4.78, 5) is 20.5. The zero-order valence-corrected chi connectivity index (χ0v) is 27.7. The lowest BCUT2D eigenvalue weighted by Gasteiger charge is -2.07. The maximum absolute atomic E-state index is 12.1. The first-order valence-corrected chi connectivity index (χ1v) is 18.7. The average molecular weight is 649 g/mol. The first-order valence-electron chi connectivity index (χ1n) is 15.4. The van der Waals surface area contributed by atoms with E-state index in [-0.39, 0.29) is 11.3 Å². The highest BCUT2D eigenvalue weighted by molar-refractivity contribution is 7.91. The van der Waals surface area contributed by atoms with E-state index in [1.807, 2.05) is 0 Å². The summed E-state index contributed by atoms with van der Waals surface area (Å²) in [7, 11) is -6.35. The molecule has 0 spiro atoms. The van der Waals surface area contributed by atoms with Crippen molar-refractivity contribution in [1.29, 1.82) is 0 Å². The molecule has 0 aromatic heterocycles. The van der Waals surface area contributed by atoms with Gasteiger partial charge in [-0.2, -0.15) is 0 Å². The molecule has 2 rings (SSSR count). The highest BCUT2D eigenvalue weighted by atomic mass is 32.2. The van der Waals surface area contributed by atoms with E-state index in [1.54, 1.807) is 0 Å². The molecule has 1 saturated heterocycles. The van der Waals surface area contributed by atoms with Crippen molar-refractivity contribution < 1.29 is 36.6 Å². The van der Waals surface area contributed by atoms with Gasteiger partial charge in [-0.15, -0.1) is 13.2 Å². The highest BCUT2D eigenvalue weighted by Crippen LogP contribution is 2.15. The third-order valence-corrected chi connectivity index (χ3v) is 9.82. The molecule has 10 nitrogen and oxygen atoms in total. The van der Waals surface area contributed by atoms with Crippen LogP contribution in [0.3, 0.4) is 0 Å². The van der Waals surface area contributed by atoms with Crippen molar-refractivity contribution in [1.82, 2.24) is 4.72 Å². The van der Waals surface area contributed by atoms with Crippen LogP contribution in [0.5, 0.6) is 0 Å². The molecule has 0 aliphatic carbocycles. The fourth-order valence-corrected chi connectivity index (χ4v) is 6.82. The first-order chi connectivity index (χ1) is 20.4. The number of carbonyl (C=O) groups excluding carboxylic acids is 1. The van der Waals surface area contributed by atoms with E-state index >= 15 is 0 Å². The topological polar surface area (TPSA) is 181 Å². The number of unbranched alkanes of at least 4 members (excludes halogenated alkanes) is 14. The van der Waals surface area contributed by atoms with E-state index in [2.05, 4.69) is 24.8 Å². The molecule has 250 valence electrons. The standard InChI is InChI=1S/C24H42N2O3S.C4H8O2S.C2H4.CH2O3/c1-2-3-4-5-6-7-8-9-10-11-12-13-14-15-16-17-24(27)26-30(28,29)23-20-18-22(25)19-21-23;5-7(6)3-1-2-4-7;1-2;2-1(3)4/h18-21H,2-17,25H2,1H3,(H,26,27);1-4H2;1-2H2;(H2,2,3,4). The average Bonchev–Trinajstić information content (AvgIpc) is 3.35. The number of amides is 1. The van der Waals surface area contributed by atoms with Crippen LogP contribution in [-0.4, -0.2) is 50.6 Å². The maximum Gasteiger partial charge on any atom is 0.503 e. The second kappa shape index (κ2) is 27.0. The predicted molar refractivity (Wildman–Crippen MR) is 176 cm³/mol. The zero-order valence-electron chi connectivity index (χ0n) is 26.1. The van der Waals surface area contributed by atoms with E-state index in [0.29, 0.717) is 17.2 Å². The monoisotopic (exact) mass is 648 g/mol. The summed E-state index contributed by atoms with van der Waals surface area (Å²) in [6.45, 7) is 8.26. The molecule has 1 aromatic rings. The molecule has 1 fully saturated rings. The smallest absolute Gasteiger partial charge is 0.450 e. The fraction of sp³-hybridized carbons (Fsp3) is 0.677. The summed E-state index contributed by atoms with van der Waals surface area (Å²) in [5.41, 5.74) is 6.04. The second-order valence-electron chi connectivity index (χ2n) is 10.4. The molecule has 0 saturated carbocycles. The molecule has 1 amide bonds. The molecule has 12 heteroatoms. The van der Waals surface area contributed by atoms with Crippen molar-refractivity contribution in [2.45, 2.75) is 127 Å². The Kier molecular flexibility index (Phi) is 26.7. The number of sulfone groups is 1. The molecule has 43 heavy (non-hydrogen) atoms. The Labute approximate surface area is 260 Å². The summed E-state index contributed by atoms with van der Waals surface area (Å²) < 4.78 is 47.3. The van der Waals surface area contributed by atoms with Crippen LogP contribution in [0.25, 0.3) is 0 Å². The zero-order chi connectivity index (χ0) is 33.0. The number of carboxylic acid groups (broad SMARTS) is 2. The number of nitrogen functional groups attached to an aromatic ring is 1. The molecule has 1 aromatic carbocycles. The molecule has 0 radical (unpaired) electrons. The summed E-state index contributed by atoms with van der Waals surface area (Å²) in [6.07, 6.45) is 19.1. The lowest BCUT2D eigenvalue weighted by molar-refractivity contribution is -0.119. The number of nitrogens with two attached hydrogens (primary N) is 1. The summed E-state index contributed by atoms with van der Waals surface area (Å²) >= 11 is 0. The number of hydrogen-bond donors (Lipinski definition) is 4. The van der Waals surface area contributed by atoms with E-state index in [1.165, 1.54) is 101 Å². The van der Waals surface area contributed by atoms with Gasteiger partial charge in [0, 0.05) is 12.1 Å². The van der Waals surface area contributed by atoms with Crippen molar-refractivity contribution in [2.24, 2.45) is 0 Å². The Morgan fingerprint density at radius 2 is 1.12 bits per heavy atom. The minimum absolute atomic E-state index is 0.0570. The van der Waals surface area contributed by atoms with Crippen molar-refractivity contribution in [3.8, 4) is 0 Å². The van der Waals surface area contributed by atoms with Crippen LogP contribution in [0, 0.1) is 0 Å². The third-order valence-electron chi connectivity index (χ3n) is 6.61. The van der Waals surface area contributed by atoms with Gasteiger partial charge >= 0.3 is 6.16 Å². The van der Waals surface area contributed by atoms with E-state index in [4.69, 9.17) is 20.7 Å². The van der Waals surface area contributed by atoms with Crippen LogP contribution in [0.15, 0.2) is 42.3 Å². The molecule has 5 N–H and O–H groups in total. The van der Waals surface area contributed by atoms with Gasteiger partial charge in [-0.05, 0) is 43.5 Å². The van der Waals surface area contributed by atoms with Crippen LogP contribution < -0.4 is 10.5 Å². The molecule has 0 bridgehead atoms. The van der Waals surface area contributed by atoms with Crippen molar-refractivity contribution in [2.75, 3.05) is 17.2 Å². The Morgan fingerprint density at radius 1 is 0.767 bits per heavy atom. The summed E-state index contributed by atoms with van der Waals surface area (Å²) in [5, 5.41) is 13.9. The number of anilines is 1. The van der Waals surface area contributed by atoms with Crippen molar-refractivity contribution in [3.05, 3.63) is 37.4 Å². The van der Waals surface area contributed by atoms with Crippen molar-refractivity contribution >= 4 is 37.6 Å². The second-order valence-corrected chi connectivity index (χ2v) is 14.4. The van der Waals surface area contributed by atoms with Crippen LogP contribution >= 0.6 is 0 Å². The lowest BCUT2D eigenvalue weighted by Crippen LogP contribution is -2.30. The molecular weight excluding hydrogens is 592 g/mol. The molecular formula is C31H56N2O8S2. The summed E-state index contributed by atoms with van der Waals surface area (Å²) in [5.74, 6) is 0.404. The van der Waals surface area contributed by atoms with Crippen LogP contribution in [0.4, 0.5) is 10.5 Å². The number of carbonyl (C=O) groups is 2. The SMILES string of the molecule is C=C.CCCCCCCCCCCCCCCCCC(=O)NS(=O)(=O)c1ccc(N)cc1.O=C(O)O.O=S1(=O)CCCC1. The van der Waals surface area contributed by atoms with E-state index < -0.39 is 31.9 Å². The molecule has 1 heterocycles. The largest absolute Gasteiger partial charge is 0.503 e. The Hall–Kier alpha value is -2.60. The van der Waals surface area contributed by atoms with Gasteiger partial charge in [0.2, 0.25) is 5.91 Å². The van der Waals surface area contributed by atoms with Gasteiger partial charge in [-0.1, -0.05) is 96.8 Å². The number of sulfonamides is 1. The summed E-state index contributed by atoms with van der Waals surface area (Å²) in [6, 6.07) is 5.82. The van der Waals surface area contributed by atoms with E-state index in [0.717, 1.165) is 32.1 Å². The normalized spacial score (nSPS) is 13.2. The number of hydrogen-bond acceptors (Lipinski definition) is 7. The van der Waals surface area contributed by atoms with Crippen LogP contribution in [-0.2, 0) is 24.7 Å². The van der Waals surface area contributed by atoms with Gasteiger partial charge in [0.15, 0.2) is 0 Å². The van der Waals surface area contributed by atoms with Gasteiger partial charge in [0.1, 0.15) is 9.84 Å². The van der Waals surface area contributed by atoms with E-state index in [9.17, 15) is 21.6 Å². The molecule has 1 aliphatic rings. The van der Waals surface area contributed by atoms with Gasteiger partial charge < -0.3 is 15.9 Å². The highest BCUT2D eigenvalue weighted by Gasteiger charge is 2.17. The number of rotatable bonds is 18. The third kappa shape index (κ3) is 28.0. The maximum atomic E-state index is 12.1. The van der Waals surface area contributed by atoms with Gasteiger partial charge in [-0.3, -0.25) is 4.79 Å². The molecule has 0 atom stereocenters. The Morgan fingerprint density at radius 3 is 1.44 bits per heavy atom. The van der Waals surface area contributed by atoms with Gasteiger partial charge in [0.05, 0.1) is 16.4 Å². The number of benzene rings is 1. The molecule has 1 aliphatic heterocycles. The fourth-order valence-electron chi connectivity index (χ4n) is 4.31. The predicted octanol–water partition coefficient (Wildman–Crippen LogP) is 7.55. The van der Waals surface area contributed by atoms with Crippen LogP contribution in [0.1, 0.15) is 122 Å². The van der Waals surface area contributed by atoms with Crippen LogP contribution in [0.2, 0.25) is 0 Å². The minimum atomic E-state index is -3.80. The minimum Gasteiger partial charge on any atom is -0.450 e. The first kappa shape index (κ1) is 42.5. The quantitative estimate of drug-likeness (QED) is 0.0709. The Bertz CT molecular complexity index is 1040. The van der Waals surface area contributed by atoms with Gasteiger partial charge in [0.25, 0.3) is 10.0 Å². The molecule has 0 unspecified atom stereocenters. The van der Waals surface area contributed by atoms with Gasteiger partial charge in [-0.25, -0.2) is 26.4 Å². The van der Waals surface area contributed by atoms with Crippen molar-refractivity contribution in [3.63, 3.8) is 0 Å². The Balaban J connectivity index is 0.